The van der Waals surface area contributed by atoms with Crippen molar-refractivity contribution in [2.45, 2.75) is 52.0 Å². The highest BCUT2D eigenvalue weighted by Crippen LogP contribution is 2.39. The van der Waals surface area contributed by atoms with Gasteiger partial charge in [0.2, 0.25) is 5.13 Å². The summed E-state index contributed by atoms with van der Waals surface area (Å²) in [4.78, 5) is 4.48. The number of anilines is 1. The minimum atomic E-state index is 0.170. The van der Waals surface area contributed by atoms with Crippen molar-refractivity contribution >= 4 is 16.7 Å². The Labute approximate surface area is 107 Å². The van der Waals surface area contributed by atoms with Crippen LogP contribution in [0.3, 0.4) is 0 Å². The van der Waals surface area contributed by atoms with Gasteiger partial charge >= 0.3 is 0 Å². The summed E-state index contributed by atoms with van der Waals surface area (Å²) in [6.45, 7) is 7.41. The van der Waals surface area contributed by atoms with E-state index in [-0.39, 0.29) is 11.5 Å². The van der Waals surface area contributed by atoms with Gasteiger partial charge in [-0.15, -0.1) is 0 Å². The summed E-state index contributed by atoms with van der Waals surface area (Å²) in [5.74, 6) is 1.65. The molecule has 5 heteroatoms. The van der Waals surface area contributed by atoms with E-state index in [2.05, 4.69) is 35.4 Å². The first kappa shape index (κ1) is 12.8. The molecule has 0 aromatic carbocycles. The van der Waals surface area contributed by atoms with Crippen LogP contribution in [0.1, 0.15) is 51.8 Å². The third kappa shape index (κ3) is 4.24. The molecule has 0 saturated heterocycles. The predicted molar refractivity (Wildman–Crippen MR) is 72.4 cm³/mol. The van der Waals surface area contributed by atoms with E-state index in [0.717, 1.165) is 23.9 Å². The number of hydrogen-bond donors (Lipinski definition) is 2. The Balaban J connectivity index is 1.76. The Hall–Kier alpha value is -0.680. The van der Waals surface area contributed by atoms with E-state index < -0.39 is 0 Å². The molecule has 0 aliphatic heterocycles. The lowest BCUT2D eigenvalue weighted by molar-refractivity contribution is 0.345. The van der Waals surface area contributed by atoms with Crippen molar-refractivity contribution in [3.8, 4) is 0 Å². The van der Waals surface area contributed by atoms with E-state index in [9.17, 15) is 0 Å². The molecule has 1 saturated carbocycles. The van der Waals surface area contributed by atoms with Gasteiger partial charge in [-0.25, -0.2) is 4.98 Å². The standard InChI is InChI=1S/C12H22N4S/c1-12(2,3)6-9(13)7-14-11-15-10(16-17-11)8-4-5-8/h8-9H,4-7,13H2,1-3H3,(H,14,15,16). The Kier molecular flexibility index (Phi) is 3.68. The van der Waals surface area contributed by atoms with Gasteiger partial charge in [0.25, 0.3) is 0 Å². The van der Waals surface area contributed by atoms with Crippen LogP contribution in [-0.4, -0.2) is 21.9 Å². The molecule has 1 atom stereocenters. The molecule has 1 aromatic rings. The minimum absolute atomic E-state index is 0.170. The van der Waals surface area contributed by atoms with Crippen molar-refractivity contribution in [3.63, 3.8) is 0 Å². The number of hydrogen-bond acceptors (Lipinski definition) is 5. The molecule has 17 heavy (non-hydrogen) atoms. The molecule has 0 spiro atoms. The summed E-state index contributed by atoms with van der Waals surface area (Å²) < 4.78 is 4.36. The van der Waals surface area contributed by atoms with Crippen LogP contribution < -0.4 is 11.1 Å². The average molecular weight is 254 g/mol. The number of aromatic nitrogens is 2. The van der Waals surface area contributed by atoms with Crippen molar-refractivity contribution in [1.82, 2.24) is 9.36 Å². The van der Waals surface area contributed by atoms with Crippen LogP contribution in [0.5, 0.6) is 0 Å². The first-order valence-corrected chi connectivity index (χ1v) is 7.04. The molecule has 3 N–H and O–H groups in total. The Bertz CT molecular complexity index is 365. The quantitative estimate of drug-likeness (QED) is 0.847. The highest BCUT2D eigenvalue weighted by Gasteiger charge is 2.27. The molecule has 1 aromatic heterocycles. The summed E-state index contributed by atoms with van der Waals surface area (Å²) >= 11 is 1.45. The SMILES string of the molecule is CC(C)(C)CC(N)CNc1nc(C2CC2)ns1. The minimum Gasteiger partial charge on any atom is -0.359 e. The molecule has 0 radical (unpaired) electrons. The molecule has 4 nitrogen and oxygen atoms in total. The molecule has 1 fully saturated rings. The Morgan fingerprint density at radius 2 is 2.18 bits per heavy atom. The maximum absolute atomic E-state index is 6.08. The van der Waals surface area contributed by atoms with E-state index in [0.29, 0.717) is 5.92 Å². The van der Waals surface area contributed by atoms with Gasteiger partial charge in [0.15, 0.2) is 0 Å². The number of rotatable bonds is 5. The fraction of sp³-hybridized carbons (Fsp3) is 0.833. The molecule has 0 amide bonds. The van der Waals surface area contributed by atoms with Gasteiger partial charge in [0.1, 0.15) is 5.82 Å². The van der Waals surface area contributed by atoms with E-state index in [1.165, 1.54) is 24.4 Å². The second kappa shape index (κ2) is 4.90. The first-order valence-electron chi connectivity index (χ1n) is 6.27. The monoisotopic (exact) mass is 254 g/mol. The van der Waals surface area contributed by atoms with Crippen LogP contribution in [0.4, 0.5) is 5.13 Å². The van der Waals surface area contributed by atoms with E-state index in [4.69, 9.17) is 5.73 Å². The lowest BCUT2D eigenvalue weighted by Crippen LogP contribution is -2.33. The van der Waals surface area contributed by atoms with Gasteiger partial charge in [-0.05, 0) is 24.7 Å². The van der Waals surface area contributed by atoms with Crippen molar-refractivity contribution in [2.24, 2.45) is 11.1 Å². The lowest BCUT2D eigenvalue weighted by Gasteiger charge is -2.23. The molecular formula is C12H22N4S. The summed E-state index contributed by atoms with van der Waals surface area (Å²) in [5, 5.41) is 4.20. The summed E-state index contributed by atoms with van der Waals surface area (Å²) in [5.41, 5.74) is 6.36. The normalized spacial score (nSPS) is 18.1. The third-order valence-electron chi connectivity index (χ3n) is 2.77. The topological polar surface area (TPSA) is 63.8 Å². The van der Waals surface area contributed by atoms with Gasteiger partial charge in [-0.3, -0.25) is 0 Å². The van der Waals surface area contributed by atoms with E-state index in [1.54, 1.807) is 0 Å². The van der Waals surface area contributed by atoms with Crippen molar-refractivity contribution in [2.75, 3.05) is 11.9 Å². The molecule has 1 heterocycles. The Morgan fingerprint density at radius 1 is 1.47 bits per heavy atom. The smallest absolute Gasteiger partial charge is 0.202 e. The van der Waals surface area contributed by atoms with Crippen LogP contribution in [0, 0.1) is 5.41 Å². The summed E-state index contributed by atoms with van der Waals surface area (Å²) in [6, 6.07) is 0.170. The fourth-order valence-electron chi connectivity index (χ4n) is 1.89. The largest absolute Gasteiger partial charge is 0.359 e. The average Bonchev–Trinajstić information content (AvgIpc) is 2.93. The highest BCUT2D eigenvalue weighted by atomic mass is 32.1. The molecule has 1 aliphatic carbocycles. The maximum Gasteiger partial charge on any atom is 0.202 e. The van der Waals surface area contributed by atoms with Crippen LogP contribution in [0.2, 0.25) is 0 Å². The van der Waals surface area contributed by atoms with Crippen LogP contribution >= 0.6 is 11.5 Å². The fourth-order valence-corrected chi connectivity index (χ4v) is 2.54. The van der Waals surface area contributed by atoms with E-state index >= 15 is 0 Å². The van der Waals surface area contributed by atoms with Crippen molar-refractivity contribution in [1.29, 1.82) is 0 Å². The number of nitrogens with zero attached hydrogens (tertiary/aromatic N) is 2. The van der Waals surface area contributed by atoms with Gasteiger partial charge in [0, 0.05) is 30.0 Å². The Morgan fingerprint density at radius 3 is 2.76 bits per heavy atom. The van der Waals surface area contributed by atoms with Gasteiger partial charge in [-0.1, -0.05) is 20.8 Å². The molecule has 2 rings (SSSR count). The van der Waals surface area contributed by atoms with Crippen LogP contribution in [0.25, 0.3) is 0 Å². The second-order valence-electron chi connectivity index (χ2n) is 6.14. The number of nitrogens with two attached hydrogens (primary N) is 1. The number of nitrogens with one attached hydrogen (secondary N) is 1. The molecule has 1 aliphatic rings. The van der Waals surface area contributed by atoms with E-state index in [1.807, 2.05) is 0 Å². The van der Waals surface area contributed by atoms with Gasteiger partial charge in [-0.2, -0.15) is 4.37 Å². The highest BCUT2D eigenvalue weighted by molar-refractivity contribution is 7.09. The maximum atomic E-state index is 6.08. The lowest BCUT2D eigenvalue weighted by atomic mass is 9.88. The van der Waals surface area contributed by atoms with Gasteiger partial charge < -0.3 is 11.1 Å². The predicted octanol–water partition coefficient (Wildman–Crippen LogP) is 2.59. The zero-order valence-electron chi connectivity index (χ0n) is 10.9. The summed E-state index contributed by atoms with van der Waals surface area (Å²) in [7, 11) is 0. The zero-order valence-corrected chi connectivity index (χ0v) is 11.7. The molecule has 1 unspecified atom stereocenters. The molecule has 96 valence electrons. The molecule has 0 bridgehead atoms. The third-order valence-corrected chi connectivity index (χ3v) is 3.46. The van der Waals surface area contributed by atoms with Gasteiger partial charge in [0.05, 0.1) is 0 Å². The first-order chi connectivity index (χ1) is 7.94. The van der Waals surface area contributed by atoms with Crippen LogP contribution in [-0.2, 0) is 0 Å². The van der Waals surface area contributed by atoms with Crippen LogP contribution in [0.15, 0.2) is 0 Å². The van der Waals surface area contributed by atoms with Crippen molar-refractivity contribution < 1.29 is 0 Å². The summed E-state index contributed by atoms with van der Waals surface area (Å²) in [6.07, 6.45) is 3.51. The molecular weight excluding hydrogens is 232 g/mol. The zero-order chi connectivity index (χ0) is 12.5. The second-order valence-corrected chi connectivity index (χ2v) is 6.89. The van der Waals surface area contributed by atoms with Crippen molar-refractivity contribution in [3.05, 3.63) is 5.82 Å².